The Kier molecular flexibility index (Phi) is 2.02. The zero-order valence-corrected chi connectivity index (χ0v) is 8.86. The van der Waals surface area contributed by atoms with Crippen LogP contribution in [0.2, 0.25) is 0 Å². The van der Waals surface area contributed by atoms with Crippen LogP contribution in [0, 0.1) is 0 Å². The molecule has 0 aliphatic rings. The van der Waals surface area contributed by atoms with E-state index in [0.717, 1.165) is 17.8 Å². The van der Waals surface area contributed by atoms with E-state index in [1.807, 2.05) is 29.0 Å². The monoisotopic (exact) mass is 189 g/mol. The van der Waals surface area contributed by atoms with Crippen LogP contribution in [0.4, 0.5) is 0 Å². The van der Waals surface area contributed by atoms with Crippen LogP contribution in [0.3, 0.4) is 0 Å². The van der Waals surface area contributed by atoms with Gasteiger partial charge < -0.3 is 0 Å². The molecule has 0 unspecified atom stereocenters. The second-order valence-electron chi connectivity index (χ2n) is 4.20. The molecule has 0 radical (unpaired) electrons. The minimum atomic E-state index is 0.0540. The molecule has 2 heterocycles. The van der Waals surface area contributed by atoms with Crippen LogP contribution in [0.5, 0.6) is 0 Å². The SMILES string of the molecule is CCC(C)(C)c1ncc2cccn2n1. The van der Waals surface area contributed by atoms with Crippen molar-refractivity contribution in [3.8, 4) is 0 Å². The predicted octanol–water partition coefficient (Wildman–Crippen LogP) is 2.42. The quantitative estimate of drug-likeness (QED) is 0.726. The maximum Gasteiger partial charge on any atom is 0.154 e. The van der Waals surface area contributed by atoms with Crippen molar-refractivity contribution < 1.29 is 0 Å². The van der Waals surface area contributed by atoms with Gasteiger partial charge in [-0.1, -0.05) is 20.8 Å². The highest BCUT2D eigenvalue weighted by atomic mass is 15.2. The van der Waals surface area contributed by atoms with Gasteiger partial charge in [0.1, 0.15) is 0 Å². The van der Waals surface area contributed by atoms with E-state index in [-0.39, 0.29) is 5.41 Å². The summed E-state index contributed by atoms with van der Waals surface area (Å²) >= 11 is 0. The van der Waals surface area contributed by atoms with E-state index in [4.69, 9.17) is 0 Å². The summed E-state index contributed by atoms with van der Waals surface area (Å²) in [5, 5.41) is 4.48. The van der Waals surface area contributed by atoms with Crippen molar-refractivity contribution in [2.45, 2.75) is 32.6 Å². The van der Waals surface area contributed by atoms with Gasteiger partial charge in [0.25, 0.3) is 0 Å². The Morgan fingerprint density at radius 3 is 2.93 bits per heavy atom. The summed E-state index contributed by atoms with van der Waals surface area (Å²) in [6.45, 7) is 6.48. The molecule has 0 saturated carbocycles. The summed E-state index contributed by atoms with van der Waals surface area (Å²) in [7, 11) is 0. The molecule has 2 rings (SSSR count). The first-order valence-corrected chi connectivity index (χ1v) is 4.94. The van der Waals surface area contributed by atoms with Gasteiger partial charge in [0.15, 0.2) is 5.82 Å². The van der Waals surface area contributed by atoms with Crippen molar-refractivity contribution in [1.29, 1.82) is 0 Å². The zero-order chi connectivity index (χ0) is 10.2. The van der Waals surface area contributed by atoms with Crippen LogP contribution in [0.25, 0.3) is 5.52 Å². The minimum absolute atomic E-state index is 0.0540. The van der Waals surface area contributed by atoms with Crippen molar-refractivity contribution in [2.24, 2.45) is 0 Å². The molecule has 74 valence electrons. The largest absolute Gasteiger partial charge is 0.238 e. The number of hydrogen-bond acceptors (Lipinski definition) is 2. The number of hydrogen-bond donors (Lipinski definition) is 0. The molecule has 3 heteroatoms. The maximum absolute atomic E-state index is 4.48. The van der Waals surface area contributed by atoms with Crippen molar-refractivity contribution in [3.05, 3.63) is 30.4 Å². The molecular formula is C11H15N3. The molecule has 0 saturated heterocycles. The molecule has 0 aromatic carbocycles. The van der Waals surface area contributed by atoms with Gasteiger partial charge in [-0.05, 0) is 18.6 Å². The fourth-order valence-electron chi connectivity index (χ4n) is 1.30. The third-order valence-electron chi connectivity index (χ3n) is 2.77. The summed E-state index contributed by atoms with van der Waals surface area (Å²) in [5.41, 5.74) is 1.10. The van der Waals surface area contributed by atoms with E-state index < -0.39 is 0 Å². The highest BCUT2D eigenvalue weighted by Crippen LogP contribution is 2.22. The van der Waals surface area contributed by atoms with E-state index in [1.165, 1.54) is 0 Å². The lowest BCUT2D eigenvalue weighted by Crippen LogP contribution is -2.20. The molecule has 0 N–H and O–H groups in total. The van der Waals surface area contributed by atoms with E-state index in [1.54, 1.807) is 0 Å². The number of rotatable bonds is 2. The number of aromatic nitrogens is 3. The molecule has 14 heavy (non-hydrogen) atoms. The molecule has 2 aromatic heterocycles. The van der Waals surface area contributed by atoms with Crippen LogP contribution in [0.15, 0.2) is 24.5 Å². The number of nitrogens with zero attached hydrogens (tertiary/aromatic N) is 3. The lowest BCUT2D eigenvalue weighted by molar-refractivity contribution is 0.462. The van der Waals surface area contributed by atoms with E-state index in [0.29, 0.717) is 0 Å². The molecule has 0 aliphatic carbocycles. The van der Waals surface area contributed by atoms with Gasteiger partial charge in [-0.15, -0.1) is 0 Å². The molecule has 0 fully saturated rings. The van der Waals surface area contributed by atoms with Gasteiger partial charge in [0.2, 0.25) is 0 Å². The van der Waals surface area contributed by atoms with Crippen LogP contribution in [-0.2, 0) is 5.41 Å². The molecule has 0 amide bonds. The Balaban J connectivity index is 2.53. The topological polar surface area (TPSA) is 30.2 Å². The summed E-state index contributed by atoms with van der Waals surface area (Å²) in [4.78, 5) is 4.39. The summed E-state index contributed by atoms with van der Waals surface area (Å²) in [6, 6.07) is 3.98. The van der Waals surface area contributed by atoms with Crippen molar-refractivity contribution >= 4 is 5.52 Å². The zero-order valence-electron chi connectivity index (χ0n) is 8.86. The first kappa shape index (κ1) is 9.19. The lowest BCUT2D eigenvalue weighted by atomic mass is 9.89. The van der Waals surface area contributed by atoms with Gasteiger partial charge in [-0.25, -0.2) is 9.50 Å². The minimum Gasteiger partial charge on any atom is -0.238 e. The fraction of sp³-hybridized carbons (Fsp3) is 0.455. The van der Waals surface area contributed by atoms with Crippen LogP contribution < -0.4 is 0 Å². The van der Waals surface area contributed by atoms with E-state index in [2.05, 4.69) is 30.9 Å². The predicted molar refractivity (Wildman–Crippen MR) is 56.3 cm³/mol. The van der Waals surface area contributed by atoms with Gasteiger partial charge in [-0.2, -0.15) is 5.10 Å². The lowest BCUT2D eigenvalue weighted by Gasteiger charge is -2.20. The van der Waals surface area contributed by atoms with Crippen molar-refractivity contribution in [1.82, 2.24) is 14.6 Å². The van der Waals surface area contributed by atoms with Crippen LogP contribution >= 0.6 is 0 Å². The van der Waals surface area contributed by atoms with Crippen molar-refractivity contribution in [2.75, 3.05) is 0 Å². The maximum atomic E-state index is 4.48. The Labute approximate surface area is 83.8 Å². The smallest absolute Gasteiger partial charge is 0.154 e. The highest BCUT2D eigenvalue weighted by molar-refractivity contribution is 5.43. The molecular weight excluding hydrogens is 174 g/mol. The van der Waals surface area contributed by atoms with Gasteiger partial charge in [0.05, 0.1) is 11.7 Å². The normalized spacial score (nSPS) is 12.2. The molecule has 2 aromatic rings. The average molecular weight is 189 g/mol. The van der Waals surface area contributed by atoms with E-state index >= 15 is 0 Å². The first-order valence-electron chi connectivity index (χ1n) is 4.94. The third kappa shape index (κ3) is 1.39. The van der Waals surface area contributed by atoms with Crippen LogP contribution in [-0.4, -0.2) is 14.6 Å². The Morgan fingerprint density at radius 2 is 2.21 bits per heavy atom. The summed E-state index contributed by atoms with van der Waals surface area (Å²) < 4.78 is 1.87. The van der Waals surface area contributed by atoms with Gasteiger partial charge >= 0.3 is 0 Å². The first-order chi connectivity index (χ1) is 6.63. The van der Waals surface area contributed by atoms with Crippen molar-refractivity contribution in [3.63, 3.8) is 0 Å². The third-order valence-corrected chi connectivity index (χ3v) is 2.77. The molecule has 0 aliphatic heterocycles. The summed E-state index contributed by atoms with van der Waals surface area (Å²) in [6.07, 6.45) is 4.87. The summed E-state index contributed by atoms with van der Waals surface area (Å²) in [5.74, 6) is 0.906. The van der Waals surface area contributed by atoms with Gasteiger partial charge in [-0.3, -0.25) is 0 Å². The molecule has 0 spiro atoms. The molecule has 0 bridgehead atoms. The molecule has 0 atom stereocenters. The van der Waals surface area contributed by atoms with Gasteiger partial charge in [0, 0.05) is 11.6 Å². The molecule has 3 nitrogen and oxygen atoms in total. The number of fused-ring (bicyclic) bond motifs is 1. The fourth-order valence-corrected chi connectivity index (χ4v) is 1.30. The highest BCUT2D eigenvalue weighted by Gasteiger charge is 2.21. The second kappa shape index (κ2) is 3.08. The standard InChI is InChI=1S/C11H15N3/c1-4-11(2,3)10-12-8-9-6-5-7-14(9)13-10/h5-8H,4H2,1-3H3. The Bertz CT molecular complexity index is 442. The average Bonchev–Trinajstić information content (AvgIpc) is 2.64. The second-order valence-corrected chi connectivity index (χ2v) is 4.20. The van der Waals surface area contributed by atoms with E-state index in [9.17, 15) is 0 Å². The Morgan fingerprint density at radius 1 is 1.43 bits per heavy atom. The van der Waals surface area contributed by atoms with Crippen LogP contribution in [0.1, 0.15) is 33.0 Å². The Hall–Kier alpha value is -1.38.